The second kappa shape index (κ2) is 8.27. The van der Waals surface area contributed by atoms with E-state index in [2.05, 4.69) is 10.3 Å². The van der Waals surface area contributed by atoms with Crippen molar-refractivity contribution in [1.82, 2.24) is 10.3 Å². The Labute approximate surface area is 166 Å². The van der Waals surface area contributed by atoms with Crippen LogP contribution in [0, 0.1) is 6.92 Å². The van der Waals surface area contributed by atoms with Gasteiger partial charge < -0.3 is 15.0 Å². The number of esters is 1. The van der Waals surface area contributed by atoms with Gasteiger partial charge in [0.1, 0.15) is 6.54 Å². The topological polar surface area (TPSA) is 88.3 Å². The number of H-pyrrole nitrogens is 1. The van der Waals surface area contributed by atoms with E-state index < -0.39 is 18.0 Å². The number of carbonyl (C=O) groups excluding carboxylic acids is 3. The molecule has 0 bridgehead atoms. The van der Waals surface area contributed by atoms with E-state index in [1.54, 1.807) is 31.2 Å². The number of benzene rings is 2. The van der Waals surface area contributed by atoms with Crippen LogP contribution in [0.4, 0.5) is 0 Å². The van der Waals surface area contributed by atoms with Crippen LogP contribution in [0.5, 0.6) is 0 Å². The highest BCUT2D eigenvalue weighted by Crippen LogP contribution is 2.23. The van der Waals surface area contributed by atoms with Gasteiger partial charge in [0, 0.05) is 32.7 Å². The zero-order valence-electron chi connectivity index (χ0n) is 15.4. The molecule has 3 rings (SSSR count). The number of ketones is 1. The van der Waals surface area contributed by atoms with Crippen molar-refractivity contribution in [2.24, 2.45) is 0 Å². The number of carbonyl (C=O) groups is 3. The normalized spacial score (nSPS) is 11.8. The molecule has 0 fully saturated rings. The number of hydrogen-bond donors (Lipinski definition) is 2. The molecule has 1 atom stereocenters. The van der Waals surface area contributed by atoms with Gasteiger partial charge in [-0.2, -0.15) is 0 Å². The van der Waals surface area contributed by atoms with Crippen LogP contribution >= 0.6 is 11.6 Å². The van der Waals surface area contributed by atoms with E-state index in [4.69, 9.17) is 16.3 Å². The lowest BCUT2D eigenvalue weighted by molar-refractivity contribution is -0.145. The van der Waals surface area contributed by atoms with Crippen molar-refractivity contribution in [3.63, 3.8) is 0 Å². The molecule has 1 amide bonds. The summed E-state index contributed by atoms with van der Waals surface area (Å²) in [6.45, 7) is 2.97. The summed E-state index contributed by atoms with van der Waals surface area (Å²) in [6.07, 6.45) is -0.974. The minimum atomic E-state index is -0.974. The first-order chi connectivity index (χ1) is 13.4. The fourth-order valence-corrected chi connectivity index (χ4v) is 3.07. The molecular formula is C21H19ClN2O4. The highest BCUT2D eigenvalue weighted by Gasteiger charge is 2.24. The molecule has 2 aromatic carbocycles. The van der Waals surface area contributed by atoms with Gasteiger partial charge in [-0.05, 0) is 44.2 Å². The molecule has 0 aliphatic rings. The molecule has 6 nitrogen and oxygen atoms in total. The van der Waals surface area contributed by atoms with E-state index in [9.17, 15) is 14.4 Å². The highest BCUT2D eigenvalue weighted by molar-refractivity contribution is 6.30. The van der Waals surface area contributed by atoms with Crippen molar-refractivity contribution in [3.8, 4) is 0 Å². The monoisotopic (exact) mass is 398 g/mol. The van der Waals surface area contributed by atoms with Gasteiger partial charge >= 0.3 is 5.97 Å². The van der Waals surface area contributed by atoms with E-state index in [1.807, 2.05) is 24.3 Å². The quantitative estimate of drug-likeness (QED) is 0.489. The molecule has 3 aromatic rings. The Kier molecular flexibility index (Phi) is 5.80. The Balaban J connectivity index is 1.60. The zero-order chi connectivity index (χ0) is 20.3. The van der Waals surface area contributed by atoms with Crippen molar-refractivity contribution < 1.29 is 19.1 Å². The van der Waals surface area contributed by atoms with Gasteiger partial charge in [-0.25, -0.2) is 0 Å². The minimum Gasteiger partial charge on any atom is -0.453 e. The third kappa shape index (κ3) is 4.23. The van der Waals surface area contributed by atoms with Gasteiger partial charge in [-0.3, -0.25) is 14.4 Å². The Morgan fingerprint density at radius 1 is 1.11 bits per heavy atom. The maximum Gasteiger partial charge on any atom is 0.326 e. The van der Waals surface area contributed by atoms with Crippen molar-refractivity contribution >= 4 is 40.2 Å². The number of aromatic nitrogens is 1. The van der Waals surface area contributed by atoms with Crippen LogP contribution in [0.15, 0.2) is 48.5 Å². The van der Waals surface area contributed by atoms with Crippen molar-refractivity contribution in [2.75, 3.05) is 6.54 Å². The number of ether oxygens (including phenoxy) is 1. The van der Waals surface area contributed by atoms with Crippen molar-refractivity contribution in [2.45, 2.75) is 20.0 Å². The number of hydrogen-bond acceptors (Lipinski definition) is 4. The minimum absolute atomic E-state index is 0.299. The summed E-state index contributed by atoms with van der Waals surface area (Å²) in [6, 6.07) is 13.7. The lowest BCUT2D eigenvalue weighted by atomic mass is 10.0. The molecular weight excluding hydrogens is 380 g/mol. The van der Waals surface area contributed by atoms with Gasteiger partial charge in [-0.15, -0.1) is 0 Å². The maximum absolute atomic E-state index is 12.8. The van der Waals surface area contributed by atoms with Gasteiger partial charge in [0.25, 0.3) is 5.91 Å². The first kappa shape index (κ1) is 19.6. The van der Waals surface area contributed by atoms with Crippen LogP contribution in [-0.2, 0) is 9.53 Å². The Morgan fingerprint density at radius 3 is 2.50 bits per heavy atom. The summed E-state index contributed by atoms with van der Waals surface area (Å²) in [7, 11) is 0. The number of nitrogens with one attached hydrogen (secondary N) is 2. The SMILES string of the molecule is Cc1[nH]c2ccccc2c1C(=O)[C@H](C)OC(=O)CNC(=O)c1ccc(Cl)cc1. The zero-order valence-corrected chi connectivity index (χ0v) is 16.2. The predicted octanol–water partition coefficient (Wildman–Crippen LogP) is 3.67. The lowest BCUT2D eigenvalue weighted by Gasteiger charge is -2.13. The summed E-state index contributed by atoms with van der Waals surface area (Å²) in [5.74, 6) is -1.42. The highest BCUT2D eigenvalue weighted by atomic mass is 35.5. The summed E-state index contributed by atoms with van der Waals surface area (Å²) in [4.78, 5) is 40.0. The van der Waals surface area contributed by atoms with E-state index in [0.29, 0.717) is 21.8 Å². The van der Waals surface area contributed by atoms with Gasteiger partial charge in [0.05, 0.1) is 0 Å². The summed E-state index contributed by atoms with van der Waals surface area (Å²) in [5, 5.41) is 3.76. The first-order valence-electron chi connectivity index (χ1n) is 8.71. The number of Topliss-reactive ketones (excluding diaryl/α,β-unsaturated/α-hetero) is 1. The summed E-state index contributed by atoms with van der Waals surface area (Å²) < 4.78 is 5.21. The average molecular weight is 399 g/mol. The van der Waals surface area contributed by atoms with E-state index in [1.165, 1.54) is 6.92 Å². The molecule has 0 aliphatic heterocycles. The predicted molar refractivity (Wildman–Crippen MR) is 107 cm³/mol. The number of rotatable bonds is 6. The van der Waals surface area contributed by atoms with Crippen LogP contribution in [0.3, 0.4) is 0 Å². The molecule has 28 heavy (non-hydrogen) atoms. The lowest BCUT2D eigenvalue weighted by Crippen LogP contribution is -2.34. The number of halogens is 1. The molecule has 0 radical (unpaired) electrons. The largest absolute Gasteiger partial charge is 0.453 e. The van der Waals surface area contributed by atoms with Crippen LogP contribution in [-0.4, -0.2) is 35.3 Å². The van der Waals surface area contributed by atoms with Gasteiger partial charge in [0.15, 0.2) is 6.10 Å². The second-order valence-electron chi connectivity index (χ2n) is 6.36. The average Bonchev–Trinajstić information content (AvgIpc) is 3.01. The fourth-order valence-electron chi connectivity index (χ4n) is 2.95. The molecule has 0 unspecified atom stereocenters. The Morgan fingerprint density at radius 2 is 1.79 bits per heavy atom. The third-order valence-electron chi connectivity index (χ3n) is 4.32. The van der Waals surface area contributed by atoms with E-state index >= 15 is 0 Å². The third-order valence-corrected chi connectivity index (χ3v) is 4.57. The van der Waals surface area contributed by atoms with Crippen LogP contribution < -0.4 is 5.32 Å². The number of fused-ring (bicyclic) bond motifs is 1. The first-order valence-corrected chi connectivity index (χ1v) is 9.09. The molecule has 1 heterocycles. The Bertz CT molecular complexity index is 1040. The molecule has 0 saturated heterocycles. The van der Waals surface area contributed by atoms with Gasteiger partial charge in [0.2, 0.25) is 5.78 Å². The van der Waals surface area contributed by atoms with Gasteiger partial charge in [-0.1, -0.05) is 29.8 Å². The smallest absolute Gasteiger partial charge is 0.326 e. The van der Waals surface area contributed by atoms with Crippen LogP contribution in [0.2, 0.25) is 5.02 Å². The molecule has 0 aliphatic carbocycles. The Hall–Kier alpha value is -3.12. The molecule has 0 spiro atoms. The second-order valence-corrected chi connectivity index (χ2v) is 6.79. The van der Waals surface area contributed by atoms with E-state index in [-0.39, 0.29) is 12.3 Å². The molecule has 0 saturated carbocycles. The van der Waals surface area contributed by atoms with Crippen molar-refractivity contribution in [1.29, 1.82) is 0 Å². The van der Waals surface area contributed by atoms with Crippen LogP contribution in [0.1, 0.15) is 33.3 Å². The number of aromatic amines is 1. The summed E-state index contributed by atoms with van der Waals surface area (Å²) in [5.41, 5.74) is 2.43. The van der Waals surface area contributed by atoms with E-state index in [0.717, 1.165) is 10.9 Å². The van der Waals surface area contributed by atoms with Crippen molar-refractivity contribution in [3.05, 3.63) is 70.4 Å². The number of aryl methyl sites for hydroxylation is 1. The molecule has 1 aromatic heterocycles. The van der Waals surface area contributed by atoms with Crippen LogP contribution in [0.25, 0.3) is 10.9 Å². The number of para-hydroxylation sites is 1. The fraction of sp³-hybridized carbons (Fsp3) is 0.190. The standard InChI is InChI=1S/C21H19ClN2O4/c1-12-19(16-5-3-4-6-17(16)24-12)20(26)13(2)28-18(25)11-23-21(27)14-7-9-15(22)10-8-14/h3-10,13,24H,11H2,1-2H3,(H,23,27)/t13-/m0/s1. The molecule has 7 heteroatoms. The maximum atomic E-state index is 12.8. The molecule has 144 valence electrons. The summed E-state index contributed by atoms with van der Waals surface area (Å²) >= 11 is 5.78. The number of amides is 1. The molecule has 2 N–H and O–H groups in total.